The van der Waals surface area contributed by atoms with Gasteiger partial charge in [0.2, 0.25) is 5.16 Å². The van der Waals surface area contributed by atoms with Gasteiger partial charge >= 0.3 is 0 Å². The van der Waals surface area contributed by atoms with Gasteiger partial charge in [-0.05, 0) is 28.7 Å². The van der Waals surface area contributed by atoms with Crippen LogP contribution in [0.3, 0.4) is 0 Å². The van der Waals surface area contributed by atoms with Crippen molar-refractivity contribution in [1.82, 2.24) is 14.9 Å². The van der Waals surface area contributed by atoms with E-state index in [9.17, 15) is 0 Å². The molecule has 0 fully saturated rings. The number of hydrogen-bond acceptors (Lipinski definition) is 4. The minimum Gasteiger partial charge on any atom is -0.187 e. The molecule has 27 heavy (non-hydrogen) atoms. The molecular formula is C20H20Br2N4S. The van der Waals surface area contributed by atoms with Crippen LogP contribution in [0.5, 0.6) is 0 Å². The first kappa shape index (κ1) is 20.3. The average molecular weight is 508 g/mol. The number of benzene rings is 2. The van der Waals surface area contributed by atoms with Crippen LogP contribution < -0.4 is 0 Å². The quantitative estimate of drug-likeness (QED) is 0.431. The zero-order chi connectivity index (χ0) is 18.3. The van der Waals surface area contributed by atoms with Crippen molar-refractivity contribution in [2.45, 2.75) is 31.3 Å². The summed E-state index contributed by atoms with van der Waals surface area (Å²) in [4.78, 5) is 0. The van der Waals surface area contributed by atoms with Crippen LogP contribution in [-0.4, -0.2) is 26.3 Å². The molecule has 4 rings (SSSR count). The lowest BCUT2D eigenvalue weighted by molar-refractivity contribution is 0.590. The highest BCUT2D eigenvalue weighted by molar-refractivity contribution is 9.10. The molecule has 0 N–H and O–H groups in total. The maximum absolute atomic E-state index is 4.82. The highest BCUT2D eigenvalue weighted by atomic mass is 79.9. The summed E-state index contributed by atoms with van der Waals surface area (Å²) in [5.74, 6) is 1.57. The summed E-state index contributed by atoms with van der Waals surface area (Å²) in [7, 11) is 0. The van der Waals surface area contributed by atoms with Gasteiger partial charge in [-0.3, -0.25) is 0 Å². The molecule has 7 heteroatoms. The van der Waals surface area contributed by atoms with Gasteiger partial charge in [0, 0.05) is 15.8 Å². The zero-order valence-electron chi connectivity index (χ0n) is 15.3. The largest absolute Gasteiger partial charge is 0.212 e. The van der Waals surface area contributed by atoms with Crippen molar-refractivity contribution < 1.29 is 0 Å². The summed E-state index contributed by atoms with van der Waals surface area (Å²) in [6, 6.07) is 16.8. The van der Waals surface area contributed by atoms with Crippen LogP contribution in [0.25, 0.3) is 11.4 Å². The lowest BCUT2D eigenvalue weighted by Gasteiger charge is -2.19. The third-order valence-electron chi connectivity index (χ3n) is 4.36. The topological polar surface area (TPSA) is 43.1 Å². The van der Waals surface area contributed by atoms with Gasteiger partial charge in [0.05, 0.1) is 5.71 Å². The van der Waals surface area contributed by atoms with Gasteiger partial charge in [-0.1, -0.05) is 84.9 Å². The van der Waals surface area contributed by atoms with E-state index in [0.717, 1.165) is 38.0 Å². The summed E-state index contributed by atoms with van der Waals surface area (Å²) in [6.07, 6.45) is 0. The van der Waals surface area contributed by atoms with Crippen molar-refractivity contribution in [3.8, 4) is 11.4 Å². The second-order valence-corrected chi connectivity index (χ2v) is 9.15. The molecule has 1 aliphatic rings. The van der Waals surface area contributed by atoms with Crippen LogP contribution in [0.15, 0.2) is 63.3 Å². The van der Waals surface area contributed by atoms with Crippen molar-refractivity contribution in [1.29, 1.82) is 0 Å². The monoisotopic (exact) mass is 506 g/mol. The number of fused-ring (bicyclic) bond motifs is 1. The molecule has 0 aliphatic carbocycles. The van der Waals surface area contributed by atoms with Gasteiger partial charge in [-0.2, -0.15) is 9.78 Å². The fourth-order valence-corrected chi connectivity index (χ4v) is 3.91. The van der Waals surface area contributed by atoms with Gasteiger partial charge in [-0.15, -0.1) is 27.2 Å². The van der Waals surface area contributed by atoms with E-state index in [1.807, 2.05) is 16.8 Å². The normalized spacial score (nSPS) is 13.6. The molecule has 4 nitrogen and oxygen atoms in total. The Morgan fingerprint density at radius 2 is 1.56 bits per heavy atom. The molecule has 2 aromatic carbocycles. The van der Waals surface area contributed by atoms with Gasteiger partial charge in [0.15, 0.2) is 5.82 Å². The van der Waals surface area contributed by atoms with Crippen LogP contribution in [-0.2, 0) is 5.41 Å². The molecule has 0 radical (unpaired) electrons. The molecule has 1 aromatic heterocycles. The molecule has 0 saturated heterocycles. The highest BCUT2D eigenvalue weighted by Gasteiger charge is 2.21. The highest BCUT2D eigenvalue weighted by Crippen LogP contribution is 2.30. The molecule has 0 spiro atoms. The third kappa shape index (κ3) is 4.20. The Kier molecular flexibility index (Phi) is 5.93. The number of halogens is 2. The Hall–Kier alpha value is -1.44. The van der Waals surface area contributed by atoms with E-state index in [1.54, 1.807) is 11.8 Å². The summed E-state index contributed by atoms with van der Waals surface area (Å²) >= 11 is 5.15. The fraction of sp³-hybridized carbons (Fsp3) is 0.250. The molecule has 0 atom stereocenters. The third-order valence-corrected chi connectivity index (χ3v) is 5.82. The van der Waals surface area contributed by atoms with Crippen molar-refractivity contribution in [3.63, 3.8) is 0 Å². The predicted molar refractivity (Wildman–Crippen MR) is 121 cm³/mol. The Labute approximate surface area is 182 Å². The molecule has 0 unspecified atom stereocenters. The minimum absolute atomic E-state index is 0. The number of aromatic nitrogens is 3. The molecule has 0 amide bonds. The second-order valence-electron chi connectivity index (χ2n) is 7.29. The number of hydrogen-bond donors (Lipinski definition) is 0. The lowest BCUT2D eigenvalue weighted by atomic mass is 9.87. The molecule has 0 saturated carbocycles. The van der Waals surface area contributed by atoms with Crippen molar-refractivity contribution in [2.75, 3.05) is 5.75 Å². The number of nitrogens with zero attached hydrogens (tertiary/aromatic N) is 4. The molecule has 140 valence electrons. The maximum atomic E-state index is 4.82. The fourth-order valence-electron chi connectivity index (χ4n) is 2.81. The van der Waals surface area contributed by atoms with Gasteiger partial charge in [0.1, 0.15) is 0 Å². The van der Waals surface area contributed by atoms with E-state index >= 15 is 0 Å². The number of thioether (sulfide) groups is 1. The lowest BCUT2D eigenvalue weighted by Crippen LogP contribution is -2.14. The Balaban J connectivity index is 0.00000210. The van der Waals surface area contributed by atoms with Gasteiger partial charge < -0.3 is 0 Å². The van der Waals surface area contributed by atoms with Crippen LogP contribution >= 0.6 is 44.7 Å². The average Bonchev–Trinajstić information content (AvgIpc) is 3.05. The standard InChI is InChI=1S/C20H19BrN4S.BrH/c1-20(2,3)15-8-4-14(5-9-15)18-22-23-19-25(18)24-17(12-26-19)13-6-10-16(21)11-7-13;/h4-11H,12H2,1-3H3;1H. The van der Waals surface area contributed by atoms with Crippen LogP contribution in [0.1, 0.15) is 31.9 Å². The first-order chi connectivity index (χ1) is 12.4. The van der Waals surface area contributed by atoms with E-state index < -0.39 is 0 Å². The first-order valence-electron chi connectivity index (χ1n) is 8.45. The summed E-state index contributed by atoms with van der Waals surface area (Å²) in [5, 5.41) is 14.3. The van der Waals surface area contributed by atoms with Crippen LogP contribution in [0.4, 0.5) is 0 Å². The smallest absolute Gasteiger partial charge is 0.187 e. The first-order valence-corrected chi connectivity index (χ1v) is 10.2. The van der Waals surface area contributed by atoms with Crippen LogP contribution in [0.2, 0.25) is 0 Å². The molecule has 1 aliphatic heterocycles. The Bertz CT molecular complexity index is 971. The Morgan fingerprint density at radius 3 is 2.19 bits per heavy atom. The molecule has 2 heterocycles. The summed E-state index contributed by atoms with van der Waals surface area (Å²) < 4.78 is 2.92. The number of rotatable bonds is 2. The van der Waals surface area contributed by atoms with Crippen molar-refractivity contribution in [3.05, 3.63) is 64.1 Å². The molecule has 0 bridgehead atoms. The second kappa shape index (κ2) is 7.89. The van der Waals surface area contributed by atoms with Gasteiger partial charge in [-0.25, -0.2) is 0 Å². The van der Waals surface area contributed by atoms with E-state index in [1.165, 1.54) is 5.56 Å². The minimum atomic E-state index is 0. The SMILES string of the molecule is Br.CC(C)(C)c1ccc(-c2nnc3n2N=C(c2ccc(Br)cc2)CS3)cc1. The maximum Gasteiger partial charge on any atom is 0.212 e. The van der Waals surface area contributed by atoms with E-state index in [0.29, 0.717) is 0 Å². The molecular weight excluding hydrogens is 488 g/mol. The van der Waals surface area contributed by atoms with E-state index in [4.69, 9.17) is 5.10 Å². The van der Waals surface area contributed by atoms with E-state index in [2.05, 4.69) is 83.3 Å². The predicted octanol–water partition coefficient (Wildman–Crippen LogP) is 5.94. The Morgan fingerprint density at radius 1 is 0.926 bits per heavy atom. The van der Waals surface area contributed by atoms with Crippen molar-refractivity contribution >= 4 is 50.4 Å². The summed E-state index contributed by atoms with van der Waals surface area (Å²) in [5.41, 5.74) is 4.61. The zero-order valence-corrected chi connectivity index (χ0v) is 19.4. The molecule has 3 aromatic rings. The van der Waals surface area contributed by atoms with Crippen LogP contribution in [0, 0.1) is 0 Å². The van der Waals surface area contributed by atoms with Gasteiger partial charge in [0.25, 0.3) is 0 Å². The van der Waals surface area contributed by atoms with E-state index in [-0.39, 0.29) is 22.4 Å². The summed E-state index contributed by atoms with van der Waals surface area (Å²) in [6.45, 7) is 6.64. The van der Waals surface area contributed by atoms with Crippen molar-refractivity contribution in [2.24, 2.45) is 5.10 Å².